The molecule has 0 heterocycles. The van der Waals surface area contributed by atoms with E-state index in [4.69, 9.17) is 34.8 Å². The normalized spacial score (nSPS) is 11.4. The van der Waals surface area contributed by atoms with Crippen molar-refractivity contribution in [2.24, 2.45) is 0 Å². The summed E-state index contributed by atoms with van der Waals surface area (Å²) in [5.74, 6) is -0.401. The number of benzene rings is 2. The SMILES string of the molecule is CS(=O)(=O)c1ccc(C(=O)c2c(Cl)cc(Cl)cc2Cl)cc1. The Balaban J connectivity index is 2.46. The van der Waals surface area contributed by atoms with Crippen LogP contribution in [0.2, 0.25) is 15.1 Å². The first-order chi connectivity index (χ1) is 9.70. The Morgan fingerprint density at radius 1 is 0.952 bits per heavy atom. The zero-order chi connectivity index (χ0) is 15.8. The van der Waals surface area contributed by atoms with Crippen molar-refractivity contribution in [3.8, 4) is 0 Å². The van der Waals surface area contributed by atoms with Crippen molar-refractivity contribution in [2.45, 2.75) is 4.90 Å². The highest BCUT2D eigenvalue weighted by Gasteiger charge is 2.18. The van der Waals surface area contributed by atoms with Gasteiger partial charge in [-0.25, -0.2) is 8.42 Å². The molecule has 7 heteroatoms. The Kier molecular flexibility index (Phi) is 4.63. The van der Waals surface area contributed by atoms with Crippen LogP contribution in [0.15, 0.2) is 41.3 Å². The smallest absolute Gasteiger partial charge is 0.196 e. The van der Waals surface area contributed by atoms with E-state index >= 15 is 0 Å². The molecule has 0 aliphatic carbocycles. The van der Waals surface area contributed by atoms with Gasteiger partial charge in [-0.3, -0.25) is 4.79 Å². The summed E-state index contributed by atoms with van der Waals surface area (Å²) in [5.41, 5.74) is 0.420. The molecular weight excluding hydrogens is 355 g/mol. The average Bonchev–Trinajstić information content (AvgIpc) is 2.36. The van der Waals surface area contributed by atoms with Crippen molar-refractivity contribution in [1.82, 2.24) is 0 Å². The van der Waals surface area contributed by atoms with Gasteiger partial charge in [-0.1, -0.05) is 34.8 Å². The predicted molar refractivity (Wildman–Crippen MR) is 84.5 cm³/mol. The van der Waals surface area contributed by atoms with Crippen molar-refractivity contribution in [3.63, 3.8) is 0 Å². The summed E-state index contributed by atoms with van der Waals surface area (Å²) < 4.78 is 22.8. The van der Waals surface area contributed by atoms with Gasteiger partial charge in [0.1, 0.15) is 0 Å². The van der Waals surface area contributed by atoms with Crippen molar-refractivity contribution < 1.29 is 13.2 Å². The monoisotopic (exact) mass is 362 g/mol. The van der Waals surface area contributed by atoms with Crippen molar-refractivity contribution in [1.29, 1.82) is 0 Å². The minimum absolute atomic E-state index is 0.132. The topological polar surface area (TPSA) is 51.2 Å². The standard InChI is InChI=1S/C14H9Cl3O3S/c1-21(19,20)10-4-2-8(3-5-10)14(18)13-11(16)6-9(15)7-12(13)17/h2-7H,1H3. The summed E-state index contributed by atoms with van der Waals surface area (Å²) in [6.07, 6.45) is 1.09. The van der Waals surface area contributed by atoms with Crippen LogP contribution in [-0.4, -0.2) is 20.5 Å². The third kappa shape index (κ3) is 3.58. The first-order valence-corrected chi connectivity index (χ1v) is 8.72. The maximum atomic E-state index is 12.4. The Morgan fingerprint density at radius 3 is 1.86 bits per heavy atom. The summed E-state index contributed by atoms with van der Waals surface area (Å²) >= 11 is 17.8. The molecular formula is C14H9Cl3O3S. The number of sulfone groups is 1. The van der Waals surface area contributed by atoms with Gasteiger partial charge in [-0.2, -0.15) is 0 Å². The summed E-state index contributed by atoms with van der Waals surface area (Å²) in [6.45, 7) is 0. The lowest BCUT2D eigenvalue weighted by atomic mass is 10.0. The number of hydrogen-bond donors (Lipinski definition) is 0. The maximum absolute atomic E-state index is 12.4. The molecule has 0 saturated carbocycles. The molecule has 0 aliphatic rings. The Hall–Kier alpha value is -1.07. The molecule has 0 aliphatic heterocycles. The molecule has 110 valence electrons. The quantitative estimate of drug-likeness (QED) is 0.765. The van der Waals surface area contributed by atoms with E-state index in [0.29, 0.717) is 5.02 Å². The van der Waals surface area contributed by atoms with Gasteiger partial charge in [0.2, 0.25) is 0 Å². The first kappa shape index (κ1) is 16.3. The third-order valence-corrected chi connectivity index (χ3v) is 4.72. The molecule has 0 fully saturated rings. The minimum atomic E-state index is -3.31. The maximum Gasteiger partial charge on any atom is 0.196 e. The summed E-state index contributed by atoms with van der Waals surface area (Å²) in [7, 11) is -3.31. The van der Waals surface area contributed by atoms with Gasteiger partial charge in [0.25, 0.3) is 0 Å². The van der Waals surface area contributed by atoms with Gasteiger partial charge in [0.15, 0.2) is 15.6 Å². The fraction of sp³-hybridized carbons (Fsp3) is 0.0714. The molecule has 0 aromatic heterocycles. The number of ketones is 1. The third-order valence-electron chi connectivity index (χ3n) is 2.78. The molecule has 0 N–H and O–H groups in total. The van der Waals surface area contributed by atoms with E-state index < -0.39 is 15.6 Å². The second-order valence-electron chi connectivity index (χ2n) is 4.37. The molecule has 0 atom stereocenters. The summed E-state index contributed by atoms with van der Waals surface area (Å²) in [5, 5.41) is 0.614. The van der Waals surface area contributed by atoms with Crippen molar-refractivity contribution >= 4 is 50.4 Å². The minimum Gasteiger partial charge on any atom is -0.288 e. The highest BCUT2D eigenvalue weighted by atomic mass is 35.5. The Labute approximate surface area is 137 Å². The van der Waals surface area contributed by atoms with E-state index in [1.54, 1.807) is 0 Å². The van der Waals surface area contributed by atoms with E-state index in [-0.39, 0.29) is 26.1 Å². The lowest BCUT2D eigenvalue weighted by Crippen LogP contribution is -2.04. The fourth-order valence-electron chi connectivity index (χ4n) is 1.76. The average molecular weight is 364 g/mol. The van der Waals surface area contributed by atoms with Crippen LogP contribution in [0.1, 0.15) is 15.9 Å². The first-order valence-electron chi connectivity index (χ1n) is 5.69. The number of carbonyl (C=O) groups is 1. The highest BCUT2D eigenvalue weighted by Crippen LogP contribution is 2.31. The molecule has 0 spiro atoms. The van der Waals surface area contributed by atoms with Crippen LogP contribution in [0.3, 0.4) is 0 Å². The fourth-order valence-corrected chi connectivity index (χ4v) is 3.38. The largest absolute Gasteiger partial charge is 0.288 e. The molecule has 0 unspecified atom stereocenters. The summed E-state index contributed by atoms with van der Waals surface area (Å²) in [4.78, 5) is 12.5. The lowest BCUT2D eigenvalue weighted by molar-refractivity contribution is 0.103. The highest BCUT2D eigenvalue weighted by molar-refractivity contribution is 7.90. The molecule has 2 aromatic rings. The zero-order valence-corrected chi connectivity index (χ0v) is 13.8. The Morgan fingerprint density at radius 2 is 1.43 bits per heavy atom. The molecule has 2 rings (SSSR count). The van der Waals surface area contributed by atoms with E-state index in [1.807, 2.05) is 0 Å². The van der Waals surface area contributed by atoms with Crippen molar-refractivity contribution in [3.05, 3.63) is 62.6 Å². The van der Waals surface area contributed by atoms with Crippen LogP contribution in [0.5, 0.6) is 0 Å². The van der Waals surface area contributed by atoms with Crippen LogP contribution in [-0.2, 0) is 9.84 Å². The second-order valence-corrected chi connectivity index (χ2v) is 7.64. The summed E-state index contributed by atoms with van der Waals surface area (Å²) in [6, 6.07) is 8.40. The number of halogens is 3. The van der Waals surface area contributed by atoms with Gasteiger partial charge in [0.05, 0.1) is 20.5 Å². The van der Waals surface area contributed by atoms with Crippen molar-refractivity contribution in [2.75, 3.05) is 6.26 Å². The van der Waals surface area contributed by atoms with Gasteiger partial charge in [0, 0.05) is 16.8 Å². The van der Waals surface area contributed by atoms with Crippen LogP contribution in [0.25, 0.3) is 0 Å². The number of hydrogen-bond acceptors (Lipinski definition) is 3. The molecule has 3 nitrogen and oxygen atoms in total. The van der Waals surface area contributed by atoms with Crippen LogP contribution >= 0.6 is 34.8 Å². The lowest BCUT2D eigenvalue weighted by Gasteiger charge is -2.07. The second kappa shape index (κ2) is 5.97. The van der Waals surface area contributed by atoms with Gasteiger partial charge < -0.3 is 0 Å². The molecule has 0 saturated heterocycles. The number of rotatable bonds is 3. The predicted octanol–water partition coefficient (Wildman–Crippen LogP) is 4.28. The van der Waals surface area contributed by atoms with Crippen LogP contribution < -0.4 is 0 Å². The molecule has 0 amide bonds. The zero-order valence-electron chi connectivity index (χ0n) is 10.7. The molecule has 2 aromatic carbocycles. The van der Waals surface area contributed by atoms with Crippen LogP contribution in [0, 0.1) is 0 Å². The van der Waals surface area contributed by atoms with Gasteiger partial charge in [-0.05, 0) is 36.4 Å². The van der Waals surface area contributed by atoms with Crippen LogP contribution in [0.4, 0.5) is 0 Å². The molecule has 21 heavy (non-hydrogen) atoms. The molecule has 0 radical (unpaired) electrons. The van der Waals surface area contributed by atoms with Gasteiger partial charge >= 0.3 is 0 Å². The van der Waals surface area contributed by atoms with E-state index in [9.17, 15) is 13.2 Å². The van der Waals surface area contributed by atoms with Gasteiger partial charge in [-0.15, -0.1) is 0 Å². The number of carbonyl (C=O) groups excluding carboxylic acids is 1. The molecule has 0 bridgehead atoms. The Bertz CT molecular complexity index is 789. The van der Waals surface area contributed by atoms with E-state index in [0.717, 1.165) is 6.26 Å². The van der Waals surface area contributed by atoms with E-state index in [1.165, 1.54) is 36.4 Å². The van der Waals surface area contributed by atoms with E-state index in [2.05, 4.69) is 0 Å².